The maximum atomic E-state index is 12.2. The van der Waals surface area contributed by atoms with Crippen LogP contribution in [0.4, 0.5) is 0 Å². The lowest BCUT2D eigenvalue weighted by atomic mass is 9.68. The average molecular weight is 253 g/mol. The van der Waals surface area contributed by atoms with E-state index >= 15 is 0 Å². The summed E-state index contributed by atoms with van der Waals surface area (Å²) in [5, 5.41) is 0. The minimum absolute atomic E-state index is 0.00563. The smallest absolute Gasteiger partial charge is 0.309 e. The third-order valence-electron chi connectivity index (χ3n) is 4.76. The van der Waals surface area contributed by atoms with E-state index in [0.717, 1.165) is 19.3 Å². The Morgan fingerprint density at radius 2 is 1.72 bits per heavy atom. The summed E-state index contributed by atoms with van der Waals surface area (Å²) >= 11 is 0. The molecule has 0 amide bonds. The summed E-state index contributed by atoms with van der Waals surface area (Å²) in [5.41, 5.74) is 5.78. The lowest BCUT2D eigenvalue weighted by Gasteiger charge is -2.39. The number of carbonyl (C=O) groups is 1. The molecule has 0 aromatic heterocycles. The fraction of sp³-hybridized carbons (Fsp3) is 0.933. The molecule has 0 bridgehead atoms. The van der Waals surface area contributed by atoms with Gasteiger partial charge in [-0.15, -0.1) is 0 Å². The van der Waals surface area contributed by atoms with Crippen LogP contribution in [0.1, 0.15) is 53.4 Å². The van der Waals surface area contributed by atoms with E-state index in [2.05, 4.69) is 6.92 Å². The van der Waals surface area contributed by atoms with Crippen LogP contribution in [-0.4, -0.2) is 17.6 Å². The molecule has 2 rings (SSSR count). The van der Waals surface area contributed by atoms with Gasteiger partial charge in [0.15, 0.2) is 0 Å². The van der Waals surface area contributed by atoms with Crippen molar-refractivity contribution in [3.63, 3.8) is 0 Å². The zero-order valence-corrected chi connectivity index (χ0v) is 12.1. The highest BCUT2D eigenvalue weighted by molar-refractivity contribution is 5.73. The second kappa shape index (κ2) is 4.84. The first kappa shape index (κ1) is 13.9. The van der Waals surface area contributed by atoms with E-state index in [1.807, 2.05) is 20.8 Å². The van der Waals surface area contributed by atoms with E-state index in [1.54, 1.807) is 0 Å². The molecule has 2 N–H and O–H groups in total. The largest absolute Gasteiger partial charge is 0.460 e. The Morgan fingerprint density at radius 3 is 2.33 bits per heavy atom. The average Bonchev–Trinajstić information content (AvgIpc) is 2.59. The topological polar surface area (TPSA) is 52.3 Å². The highest BCUT2D eigenvalue weighted by Gasteiger charge is 2.46. The predicted molar refractivity (Wildman–Crippen MR) is 71.9 cm³/mol. The van der Waals surface area contributed by atoms with Gasteiger partial charge in [-0.2, -0.15) is 0 Å². The van der Waals surface area contributed by atoms with Crippen LogP contribution >= 0.6 is 0 Å². The van der Waals surface area contributed by atoms with Crippen molar-refractivity contribution in [2.75, 3.05) is 0 Å². The fourth-order valence-electron chi connectivity index (χ4n) is 3.85. The van der Waals surface area contributed by atoms with Gasteiger partial charge in [0, 0.05) is 6.04 Å². The highest BCUT2D eigenvalue weighted by Crippen LogP contribution is 2.47. The van der Waals surface area contributed by atoms with Crippen LogP contribution in [0.5, 0.6) is 0 Å². The van der Waals surface area contributed by atoms with E-state index in [-0.39, 0.29) is 17.5 Å². The molecule has 0 spiro atoms. The van der Waals surface area contributed by atoms with Crippen LogP contribution in [0.3, 0.4) is 0 Å². The Hall–Kier alpha value is -0.570. The molecule has 0 aliphatic heterocycles. The van der Waals surface area contributed by atoms with Gasteiger partial charge in [0.25, 0.3) is 0 Å². The molecule has 5 atom stereocenters. The first-order valence-corrected chi connectivity index (χ1v) is 7.28. The third-order valence-corrected chi connectivity index (χ3v) is 4.76. The monoisotopic (exact) mass is 253 g/mol. The molecule has 2 fully saturated rings. The van der Waals surface area contributed by atoms with Gasteiger partial charge in [0.1, 0.15) is 5.60 Å². The van der Waals surface area contributed by atoms with E-state index in [4.69, 9.17) is 10.5 Å². The molecule has 2 aliphatic carbocycles. The van der Waals surface area contributed by atoms with Crippen LogP contribution < -0.4 is 5.73 Å². The molecule has 0 aromatic carbocycles. The number of nitrogens with two attached hydrogens (primary N) is 1. The summed E-state index contributed by atoms with van der Waals surface area (Å²) < 4.78 is 5.55. The zero-order chi connectivity index (χ0) is 13.5. The molecule has 2 aliphatic rings. The summed E-state index contributed by atoms with van der Waals surface area (Å²) in [6, 6.07) is 0.358. The number of rotatable bonds is 1. The van der Waals surface area contributed by atoms with Gasteiger partial charge in [-0.05, 0) is 64.2 Å². The second-order valence-electron chi connectivity index (χ2n) is 7.15. The standard InChI is InChI=1S/C15H27NO2/c1-9-10-7-8-13(16)12(10)6-5-11(9)14(17)18-15(2,3)4/h9-13H,5-8,16H2,1-4H3/t9?,10?,11?,12-,13+/m1/s1. The molecule has 3 heteroatoms. The quantitative estimate of drug-likeness (QED) is 0.731. The van der Waals surface area contributed by atoms with Gasteiger partial charge in [-0.3, -0.25) is 4.79 Å². The van der Waals surface area contributed by atoms with E-state index in [0.29, 0.717) is 23.8 Å². The predicted octanol–water partition coefficient (Wildman–Crippen LogP) is 2.73. The van der Waals surface area contributed by atoms with E-state index < -0.39 is 0 Å². The molecule has 0 radical (unpaired) electrons. The second-order valence-corrected chi connectivity index (χ2v) is 7.15. The third kappa shape index (κ3) is 2.71. The lowest BCUT2D eigenvalue weighted by molar-refractivity contribution is -0.164. The van der Waals surface area contributed by atoms with Crippen LogP contribution in [0.15, 0.2) is 0 Å². The molecule has 3 unspecified atom stereocenters. The Morgan fingerprint density at radius 1 is 1.11 bits per heavy atom. The van der Waals surface area contributed by atoms with Crippen molar-refractivity contribution in [3.05, 3.63) is 0 Å². The van der Waals surface area contributed by atoms with Gasteiger partial charge in [0.2, 0.25) is 0 Å². The van der Waals surface area contributed by atoms with Crippen molar-refractivity contribution >= 4 is 5.97 Å². The summed E-state index contributed by atoms with van der Waals surface area (Å²) in [4.78, 5) is 12.2. The van der Waals surface area contributed by atoms with E-state index in [1.165, 1.54) is 6.42 Å². The van der Waals surface area contributed by atoms with Crippen LogP contribution in [-0.2, 0) is 9.53 Å². The number of hydrogen-bond acceptors (Lipinski definition) is 3. The summed E-state index contributed by atoms with van der Waals surface area (Å²) in [6.45, 7) is 8.02. The Kier molecular flexibility index (Phi) is 3.72. The van der Waals surface area contributed by atoms with Gasteiger partial charge in [-0.1, -0.05) is 6.92 Å². The molecule has 2 saturated carbocycles. The molecule has 18 heavy (non-hydrogen) atoms. The van der Waals surface area contributed by atoms with Gasteiger partial charge in [0.05, 0.1) is 5.92 Å². The van der Waals surface area contributed by atoms with Crippen LogP contribution in [0.25, 0.3) is 0 Å². The Balaban J connectivity index is 2.02. The van der Waals surface area contributed by atoms with Crippen molar-refractivity contribution in [1.29, 1.82) is 0 Å². The van der Waals surface area contributed by atoms with Crippen molar-refractivity contribution in [2.45, 2.75) is 65.0 Å². The zero-order valence-electron chi connectivity index (χ0n) is 12.1. The van der Waals surface area contributed by atoms with Crippen LogP contribution in [0.2, 0.25) is 0 Å². The number of esters is 1. The van der Waals surface area contributed by atoms with E-state index in [9.17, 15) is 4.79 Å². The first-order chi connectivity index (χ1) is 8.29. The number of carbonyl (C=O) groups excluding carboxylic acids is 1. The van der Waals surface area contributed by atoms with Crippen LogP contribution in [0, 0.1) is 23.7 Å². The van der Waals surface area contributed by atoms with Crippen molar-refractivity contribution in [1.82, 2.24) is 0 Å². The molecule has 0 aromatic rings. The molecule has 104 valence electrons. The van der Waals surface area contributed by atoms with Crippen molar-refractivity contribution < 1.29 is 9.53 Å². The number of hydrogen-bond donors (Lipinski definition) is 1. The SMILES string of the molecule is CC1C(C(=O)OC(C)(C)C)CC[C@@H]2C1CC[C@@H]2N. The number of fused-ring (bicyclic) bond motifs is 1. The maximum Gasteiger partial charge on any atom is 0.309 e. The van der Waals surface area contributed by atoms with Gasteiger partial charge in [-0.25, -0.2) is 0 Å². The molecule has 0 heterocycles. The molecule has 3 nitrogen and oxygen atoms in total. The lowest BCUT2D eigenvalue weighted by Crippen LogP contribution is -2.41. The maximum absolute atomic E-state index is 12.2. The van der Waals surface area contributed by atoms with Gasteiger partial charge >= 0.3 is 5.97 Å². The summed E-state index contributed by atoms with van der Waals surface area (Å²) in [7, 11) is 0. The molecule has 0 saturated heterocycles. The minimum Gasteiger partial charge on any atom is -0.460 e. The van der Waals surface area contributed by atoms with Gasteiger partial charge < -0.3 is 10.5 Å². The highest BCUT2D eigenvalue weighted by atomic mass is 16.6. The summed E-state index contributed by atoms with van der Waals surface area (Å²) in [6.07, 6.45) is 4.36. The molecular formula is C15H27NO2. The normalized spacial score (nSPS) is 40.4. The molecular weight excluding hydrogens is 226 g/mol. The fourth-order valence-corrected chi connectivity index (χ4v) is 3.85. The van der Waals surface area contributed by atoms with Crippen molar-refractivity contribution in [2.24, 2.45) is 29.4 Å². The summed E-state index contributed by atoms with van der Waals surface area (Å²) in [5.74, 6) is 1.77. The Bertz CT molecular complexity index is 321. The van der Waals surface area contributed by atoms with Crippen molar-refractivity contribution in [3.8, 4) is 0 Å². The number of ether oxygens (including phenoxy) is 1. The first-order valence-electron chi connectivity index (χ1n) is 7.28. The Labute approximate surface area is 110 Å². The minimum atomic E-state index is -0.375.